The molecule has 170 valence electrons. The summed E-state index contributed by atoms with van der Waals surface area (Å²) in [7, 11) is -3.66. The summed E-state index contributed by atoms with van der Waals surface area (Å²) >= 11 is 0. The van der Waals surface area contributed by atoms with E-state index in [0.717, 1.165) is 18.4 Å². The molecular weight excluding hydrogens is 426 g/mol. The van der Waals surface area contributed by atoms with Crippen LogP contribution in [-0.2, 0) is 26.0 Å². The van der Waals surface area contributed by atoms with Crippen LogP contribution in [0.3, 0.4) is 0 Å². The van der Waals surface area contributed by atoms with Gasteiger partial charge < -0.3 is 10.6 Å². The van der Waals surface area contributed by atoms with Crippen molar-refractivity contribution in [2.75, 3.05) is 13.1 Å². The van der Waals surface area contributed by atoms with E-state index in [1.165, 1.54) is 4.31 Å². The summed E-state index contributed by atoms with van der Waals surface area (Å²) in [5.41, 5.74) is 0.959. The molecule has 4 rings (SSSR count). The zero-order valence-electron chi connectivity index (χ0n) is 17.9. The van der Waals surface area contributed by atoms with E-state index in [-0.39, 0.29) is 29.3 Å². The van der Waals surface area contributed by atoms with Gasteiger partial charge in [0.05, 0.1) is 10.8 Å². The van der Waals surface area contributed by atoms with E-state index < -0.39 is 22.0 Å². The zero-order chi connectivity index (χ0) is 22.6. The number of carbonyl (C=O) groups is 2. The molecule has 1 saturated heterocycles. The molecule has 7 nitrogen and oxygen atoms in total. The quantitative estimate of drug-likeness (QED) is 0.637. The van der Waals surface area contributed by atoms with Crippen molar-refractivity contribution >= 4 is 21.8 Å². The Morgan fingerprint density at radius 3 is 2.28 bits per heavy atom. The Hall–Kier alpha value is -2.71. The molecule has 2 amide bonds. The van der Waals surface area contributed by atoms with Crippen LogP contribution >= 0.6 is 0 Å². The van der Waals surface area contributed by atoms with Crippen molar-refractivity contribution in [1.82, 2.24) is 14.9 Å². The normalized spacial score (nSPS) is 20.3. The Labute approximate surface area is 189 Å². The molecule has 2 fully saturated rings. The first-order chi connectivity index (χ1) is 15.4. The topological polar surface area (TPSA) is 95.6 Å². The van der Waals surface area contributed by atoms with Crippen molar-refractivity contribution in [3.8, 4) is 0 Å². The van der Waals surface area contributed by atoms with Crippen LogP contribution in [0.5, 0.6) is 0 Å². The maximum absolute atomic E-state index is 13.1. The van der Waals surface area contributed by atoms with Gasteiger partial charge in [0.25, 0.3) is 0 Å². The molecule has 8 heteroatoms. The largest absolute Gasteiger partial charge is 0.352 e. The number of nitrogens with zero attached hydrogens (tertiary/aromatic N) is 1. The van der Waals surface area contributed by atoms with Gasteiger partial charge in [0.15, 0.2) is 0 Å². The van der Waals surface area contributed by atoms with Gasteiger partial charge in [-0.3, -0.25) is 9.59 Å². The molecule has 2 unspecified atom stereocenters. The van der Waals surface area contributed by atoms with Crippen molar-refractivity contribution in [3.05, 3.63) is 66.2 Å². The standard InChI is InChI=1S/C24H29N3O4S/c28-23(19-10-7-15-27(17-19)32(30,31)21-11-5-2-6-12-21)26-22(24(29)25-20-13-14-20)16-18-8-3-1-4-9-18/h1-6,8-9,11-12,19-20,22H,7,10,13-17H2,(H,25,29)(H,26,28). The van der Waals surface area contributed by atoms with Gasteiger partial charge >= 0.3 is 0 Å². The highest BCUT2D eigenvalue weighted by molar-refractivity contribution is 7.89. The summed E-state index contributed by atoms with van der Waals surface area (Å²) in [6.07, 6.45) is 3.51. The first-order valence-corrected chi connectivity index (χ1v) is 12.6. The van der Waals surface area contributed by atoms with Crippen molar-refractivity contribution in [2.24, 2.45) is 5.92 Å². The van der Waals surface area contributed by atoms with Gasteiger partial charge in [0, 0.05) is 25.6 Å². The van der Waals surface area contributed by atoms with E-state index in [0.29, 0.717) is 25.8 Å². The lowest BCUT2D eigenvalue weighted by molar-refractivity contribution is -0.131. The summed E-state index contributed by atoms with van der Waals surface area (Å²) in [5, 5.41) is 5.88. The van der Waals surface area contributed by atoms with E-state index in [9.17, 15) is 18.0 Å². The molecule has 0 spiro atoms. The third-order valence-corrected chi connectivity index (χ3v) is 7.85. The molecule has 2 aromatic carbocycles. The average Bonchev–Trinajstić information content (AvgIpc) is 3.64. The lowest BCUT2D eigenvalue weighted by atomic mass is 9.97. The Morgan fingerprint density at radius 2 is 1.62 bits per heavy atom. The summed E-state index contributed by atoms with van der Waals surface area (Å²) in [4.78, 5) is 26.1. The number of amides is 2. The molecular formula is C24H29N3O4S. The lowest BCUT2D eigenvalue weighted by Gasteiger charge is -2.32. The van der Waals surface area contributed by atoms with Crippen LogP contribution in [0.15, 0.2) is 65.6 Å². The number of piperidine rings is 1. The van der Waals surface area contributed by atoms with Crippen LogP contribution in [0.25, 0.3) is 0 Å². The molecule has 32 heavy (non-hydrogen) atoms. The van der Waals surface area contributed by atoms with Gasteiger partial charge in [-0.15, -0.1) is 0 Å². The smallest absolute Gasteiger partial charge is 0.243 e. The van der Waals surface area contributed by atoms with E-state index >= 15 is 0 Å². The maximum Gasteiger partial charge on any atom is 0.243 e. The van der Waals surface area contributed by atoms with Gasteiger partial charge in [-0.1, -0.05) is 48.5 Å². The number of carbonyl (C=O) groups excluding carboxylic acids is 2. The predicted molar refractivity (Wildman–Crippen MR) is 121 cm³/mol. The van der Waals surface area contributed by atoms with Gasteiger partial charge in [-0.2, -0.15) is 4.31 Å². The van der Waals surface area contributed by atoms with Crippen molar-refractivity contribution in [1.29, 1.82) is 0 Å². The molecule has 1 saturated carbocycles. The fourth-order valence-electron chi connectivity index (χ4n) is 3.99. The van der Waals surface area contributed by atoms with E-state index in [1.807, 2.05) is 30.3 Å². The Bertz CT molecular complexity index is 1040. The van der Waals surface area contributed by atoms with Crippen LogP contribution in [0.4, 0.5) is 0 Å². The number of sulfonamides is 1. The first kappa shape index (κ1) is 22.5. The Balaban J connectivity index is 1.44. The van der Waals surface area contributed by atoms with Crippen molar-refractivity contribution in [3.63, 3.8) is 0 Å². The molecule has 2 atom stereocenters. The lowest BCUT2D eigenvalue weighted by Crippen LogP contribution is -2.52. The molecule has 0 aromatic heterocycles. The fourth-order valence-corrected chi connectivity index (χ4v) is 5.54. The number of rotatable bonds is 8. The van der Waals surface area contributed by atoms with Gasteiger partial charge in [0.1, 0.15) is 6.04 Å². The average molecular weight is 456 g/mol. The molecule has 1 heterocycles. The SMILES string of the molecule is O=C(NC(Cc1ccccc1)C(=O)NC1CC1)C1CCCN(S(=O)(=O)c2ccccc2)C1. The zero-order valence-corrected chi connectivity index (χ0v) is 18.8. The van der Waals surface area contributed by atoms with E-state index in [1.54, 1.807) is 30.3 Å². The minimum Gasteiger partial charge on any atom is -0.352 e. The third-order valence-electron chi connectivity index (χ3n) is 5.98. The van der Waals surface area contributed by atoms with Gasteiger partial charge in [-0.25, -0.2) is 8.42 Å². The van der Waals surface area contributed by atoms with Crippen LogP contribution in [-0.4, -0.2) is 49.7 Å². The summed E-state index contributed by atoms with van der Waals surface area (Å²) in [6.45, 7) is 0.502. The van der Waals surface area contributed by atoms with Crippen molar-refractivity contribution in [2.45, 2.75) is 49.1 Å². The van der Waals surface area contributed by atoms with Crippen LogP contribution in [0.2, 0.25) is 0 Å². The molecule has 1 aliphatic heterocycles. The molecule has 1 aliphatic carbocycles. The fraction of sp³-hybridized carbons (Fsp3) is 0.417. The molecule has 0 radical (unpaired) electrons. The number of hydrogen-bond donors (Lipinski definition) is 2. The summed E-state index contributed by atoms with van der Waals surface area (Å²) in [6, 6.07) is 17.4. The predicted octanol–water partition coefficient (Wildman–Crippen LogP) is 2.09. The molecule has 2 N–H and O–H groups in total. The highest BCUT2D eigenvalue weighted by Crippen LogP contribution is 2.24. The highest BCUT2D eigenvalue weighted by Gasteiger charge is 2.35. The molecule has 0 bridgehead atoms. The van der Waals surface area contributed by atoms with E-state index in [2.05, 4.69) is 10.6 Å². The van der Waals surface area contributed by atoms with Crippen LogP contribution < -0.4 is 10.6 Å². The number of benzene rings is 2. The first-order valence-electron chi connectivity index (χ1n) is 11.1. The molecule has 2 aromatic rings. The van der Waals surface area contributed by atoms with Crippen LogP contribution in [0.1, 0.15) is 31.2 Å². The number of nitrogens with one attached hydrogen (secondary N) is 2. The summed E-state index contributed by atoms with van der Waals surface area (Å²) in [5.74, 6) is -0.951. The second-order valence-corrected chi connectivity index (χ2v) is 10.5. The Kier molecular flexibility index (Phi) is 6.91. The van der Waals surface area contributed by atoms with Crippen LogP contribution in [0, 0.1) is 5.92 Å². The second-order valence-electron chi connectivity index (χ2n) is 8.55. The van der Waals surface area contributed by atoms with Gasteiger partial charge in [0.2, 0.25) is 21.8 Å². The Morgan fingerprint density at radius 1 is 0.969 bits per heavy atom. The maximum atomic E-state index is 13.1. The highest BCUT2D eigenvalue weighted by atomic mass is 32.2. The minimum atomic E-state index is -3.66. The number of hydrogen-bond acceptors (Lipinski definition) is 4. The van der Waals surface area contributed by atoms with Gasteiger partial charge in [-0.05, 0) is 43.4 Å². The monoisotopic (exact) mass is 455 g/mol. The molecule has 2 aliphatic rings. The van der Waals surface area contributed by atoms with E-state index in [4.69, 9.17) is 0 Å². The summed E-state index contributed by atoms with van der Waals surface area (Å²) < 4.78 is 27.4. The second kappa shape index (κ2) is 9.83. The third kappa shape index (κ3) is 5.55. The van der Waals surface area contributed by atoms with Crippen molar-refractivity contribution < 1.29 is 18.0 Å². The minimum absolute atomic E-state index is 0.116.